The van der Waals surface area contributed by atoms with E-state index in [0.29, 0.717) is 29.4 Å². The van der Waals surface area contributed by atoms with E-state index in [1.807, 2.05) is 48.5 Å². The number of hydrogen-bond donors (Lipinski definition) is 3. The standard InChI is InChI=1S/C30H31ClN6O8P2/c1-19(29(38)41-16-20-8-3-2-4-9-20)36-47(40,44-24-13-7-11-21-10-5-6-12-23(21)24)45-46(39)42-17-22-14-15-25(43-22)37-28-26(35-30(37)31)27(32)33-18-34-28/h2-13,18-19,22,25,39H,14-17H2,1H3,(H,36,40)(H2,32,33,34). The van der Waals surface area contributed by atoms with Crippen LogP contribution in [0.15, 0.2) is 79.1 Å². The number of esters is 1. The lowest BCUT2D eigenvalue weighted by molar-refractivity contribution is -0.146. The fourth-order valence-electron chi connectivity index (χ4n) is 5.03. The number of carbonyl (C=O) groups is 1. The average molecular weight is 701 g/mol. The van der Waals surface area contributed by atoms with Crippen molar-refractivity contribution in [2.75, 3.05) is 12.3 Å². The van der Waals surface area contributed by atoms with Crippen molar-refractivity contribution in [3.8, 4) is 5.75 Å². The maximum absolute atomic E-state index is 14.2. The van der Waals surface area contributed by atoms with E-state index in [1.165, 1.54) is 13.3 Å². The van der Waals surface area contributed by atoms with E-state index in [1.54, 1.807) is 28.8 Å². The topological polar surface area (TPSA) is 182 Å². The molecule has 5 atom stereocenters. The van der Waals surface area contributed by atoms with Crippen LogP contribution in [0.25, 0.3) is 21.9 Å². The van der Waals surface area contributed by atoms with Crippen LogP contribution in [0.1, 0.15) is 31.6 Å². The Kier molecular flexibility index (Phi) is 10.3. The molecule has 0 amide bonds. The molecule has 246 valence electrons. The fourth-order valence-corrected chi connectivity index (χ4v) is 7.90. The van der Waals surface area contributed by atoms with Gasteiger partial charge in [0.05, 0.1) is 12.7 Å². The number of nitrogen functional groups attached to an aromatic ring is 1. The third-order valence-electron chi connectivity index (χ3n) is 7.28. The zero-order chi connectivity index (χ0) is 33.0. The monoisotopic (exact) mass is 700 g/mol. The van der Waals surface area contributed by atoms with E-state index in [4.69, 9.17) is 40.2 Å². The molecule has 0 bridgehead atoms. The highest BCUT2D eigenvalue weighted by Crippen LogP contribution is 2.57. The number of benzene rings is 3. The maximum Gasteiger partial charge on any atom is 0.466 e. The number of fused-ring (bicyclic) bond motifs is 2. The number of rotatable bonds is 13. The van der Waals surface area contributed by atoms with Crippen molar-refractivity contribution in [1.29, 1.82) is 0 Å². The minimum Gasteiger partial charge on any atom is -0.460 e. The summed E-state index contributed by atoms with van der Waals surface area (Å²) in [6.45, 7) is 1.36. The zero-order valence-electron chi connectivity index (χ0n) is 25.0. The second-order valence-corrected chi connectivity index (χ2v) is 13.8. The molecule has 5 aromatic rings. The van der Waals surface area contributed by atoms with Crippen molar-refractivity contribution >= 4 is 61.7 Å². The number of imidazole rings is 1. The molecule has 6 rings (SSSR count). The Balaban J connectivity index is 1.12. The molecule has 1 aliphatic rings. The molecule has 0 radical (unpaired) electrons. The van der Waals surface area contributed by atoms with Crippen molar-refractivity contribution in [2.24, 2.45) is 0 Å². The van der Waals surface area contributed by atoms with Gasteiger partial charge in [-0.15, -0.1) is 0 Å². The van der Waals surface area contributed by atoms with Crippen LogP contribution in [0, 0.1) is 0 Å². The highest BCUT2D eigenvalue weighted by atomic mass is 35.5. The van der Waals surface area contributed by atoms with Crippen LogP contribution in [-0.4, -0.2) is 49.1 Å². The Morgan fingerprint density at radius 3 is 2.74 bits per heavy atom. The quantitative estimate of drug-likeness (QED) is 0.0733. The van der Waals surface area contributed by atoms with Crippen molar-refractivity contribution in [3.05, 3.63) is 90.0 Å². The first-order valence-corrected chi connectivity index (χ1v) is 17.6. The lowest BCUT2D eigenvalue weighted by Crippen LogP contribution is -2.34. The van der Waals surface area contributed by atoms with E-state index in [-0.39, 0.29) is 30.1 Å². The Labute approximate surface area is 275 Å². The molecule has 3 aromatic carbocycles. The normalized spacial score (nSPS) is 19.0. The first-order valence-electron chi connectivity index (χ1n) is 14.6. The molecule has 5 unspecified atom stereocenters. The van der Waals surface area contributed by atoms with Crippen LogP contribution in [-0.2, 0) is 34.3 Å². The molecule has 14 nitrogen and oxygen atoms in total. The van der Waals surface area contributed by atoms with Crippen LogP contribution in [0.3, 0.4) is 0 Å². The lowest BCUT2D eigenvalue weighted by Gasteiger charge is -2.25. The summed E-state index contributed by atoms with van der Waals surface area (Å²) in [7, 11) is -7.23. The van der Waals surface area contributed by atoms with Gasteiger partial charge in [0.1, 0.15) is 31.0 Å². The largest absolute Gasteiger partial charge is 0.466 e. The summed E-state index contributed by atoms with van der Waals surface area (Å²) in [5, 5.41) is 4.19. The van der Waals surface area contributed by atoms with E-state index >= 15 is 0 Å². The van der Waals surface area contributed by atoms with E-state index < -0.39 is 40.7 Å². The van der Waals surface area contributed by atoms with Gasteiger partial charge in [0.25, 0.3) is 0 Å². The Morgan fingerprint density at radius 2 is 1.91 bits per heavy atom. The minimum absolute atomic E-state index is 0.0135. The summed E-state index contributed by atoms with van der Waals surface area (Å²) in [4.78, 5) is 36.1. The third kappa shape index (κ3) is 7.89. The zero-order valence-corrected chi connectivity index (χ0v) is 27.6. The summed E-state index contributed by atoms with van der Waals surface area (Å²) in [5.74, 6) is -0.298. The van der Waals surface area contributed by atoms with Crippen molar-refractivity contribution < 1.29 is 37.1 Å². The molecule has 0 saturated carbocycles. The first-order chi connectivity index (χ1) is 22.7. The Morgan fingerprint density at radius 1 is 1.15 bits per heavy atom. The molecule has 0 spiro atoms. The van der Waals surface area contributed by atoms with Crippen molar-refractivity contribution in [1.82, 2.24) is 24.6 Å². The van der Waals surface area contributed by atoms with Gasteiger partial charge >= 0.3 is 22.3 Å². The molecule has 3 heterocycles. The molecule has 0 aliphatic carbocycles. The van der Waals surface area contributed by atoms with Crippen LogP contribution >= 0.6 is 27.9 Å². The Bertz CT molecular complexity index is 1910. The Hall–Kier alpha value is -3.71. The van der Waals surface area contributed by atoms with E-state index in [2.05, 4.69) is 20.0 Å². The summed E-state index contributed by atoms with van der Waals surface area (Å²) in [5.41, 5.74) is 7.48. The van der Waals surface area contributed by atoms with E-state index in [0.717, 1.165) is 10.9 Å². The molecular formula is C30H31ClN6O8P2. The molecule has 1 fully saturated rings. The van der Waals surface area contributed by atoms with Gasteiger partial charge in [-0.25, -0.2) is 23.8 Å². The van der Waals surface area contributed by atoms with Gasteiger partial charge in [0.2, 0.25) is 5.28 Å². The van der Waals surface area contributed by atoms with Gasteiger partial charge in [-0.1, -0.05) is 66.7 Å². The van der Waals surface area contributed by atoms with Gasteiger partial charge < -0.3 is 29.1 Å². The lowest BCUT2D eigenvalue weighted by atomic mass is 10.1. The minimum atomic E-state index is -4.45. The van der Waals surface area contributed by atoms with Gasteiger partial charge in [-0.2, -0.15) is 5.09 Å². The number of nitrogens with one attached hydrogen (secondary N) is 1. The highest BCUT2D eigenvalue weighted by molar-refractivity contribution is 7.61. The number of anilines is 1. The van der Waals surface area contributed by atoms with E-state index in [9.17, 15) is 14.3 Å². The van der Waals surface area contributed by atoms with Crippen LogP contribution in [0.2, 0.25) is 5.28 Å². The number of carbonyl (C=O) groups excluding carboxylic acids is 1. The van der Waals surface area contributed by atoms with Crippen LogP contribution in [0.5, 0.6) is 5.75 Å². The third-order valence-corrected chi connectivity index (χ3v) is 10.5. The number of halogens is 1. The molecule has 17 heteroatoms. The van der Waals surface area contributed by atoms with Gasteiger partial charge in [0, 0.05) is 5.39 Å². The first kappa shape index (κ1) is 33.2. The van der Waals surface area contributed by atoms with Crippen molar-refractivity contribution in [2.45, 2.75) is 44.7 Å². The fraction of sp³-hybridized carbons (Fsp3) is 0.267. The van der Waals surface area contributed by atoms with Gasteiger partial charge in [0.15, 0.2) is 17.0 Å². The molecule has 47 heavy (non-hydrogen) atoms. The second kappa shape index (κ2) is 14.6. The highest BCUT2D eigenvalue weighted by Gasteiger charge is 2.37. The predicted molar refractivity (Wildman–Crippen MR) is 175 cm³/mol. The molecule has 1 saturated heterocycles. The predicted octanol–water partition coefficient (Wildman–Crippen LogP) is 6.05. The second-order valence-electron chi connectivity index (χ2n) is 10.6. The molecule has 1 aliphatic heterocycles. The number of aromatic nitrogens is 4. The number of hydrogen-bond acceptors (Lipinski definition) is 12. The SMILES string of the molecule is CC(NP(=O)(Oc1cccc2ccccc12)OP(O)OCC1CCC(n2c(Cl)nc3c(N)ncnc32)O1)C(=O)OCc1ccccc1. The van der Waals surface area contributed by atoms with Crippen LogP contribution in [0.4, 0.5) is 5.82 Å². The van der Waals surface area contributed by atoms with Crippen molar-refractivity contribution in [3.63, 3.8) is 0 Å². The summed E-state index contributed by atoms with van der Waals surface area (Å²) in [6.07, 6.45) is 1.39. The summed E-state index contributed by atoms with van der Waals surface area (Å²) >= 11 is 6.36. The molecular weight excluding hydrogens is 670 g/mol. The number of ether oxygens (including phenoxy) is 2. The van der Waals surface area contributed by atoms with Gasteiger partial charge in [-0.3, -0.25) is 9.36 Å². The molecule has 2 aromatic heterocycles. The summed E-state index contributed by atoms with van der Waals surface area (Å²) in [6, 6.07) is 20.5. The number of nitrogens with two attached hydrogens (primary N) is 1. The number of nitrogens with zero attached hydrogens (tertiary/aromatic N) is 4. The maximum atomic E-state index is 14.2. The molecule has 4 N–H and O–H groups in total. The smallest absolute Gasteiger partial charge is 0.460 e. The average Bonchev–Trinajstić information content (AvgIpc) is 3.67. The summed E-state index contributed by atoms with van der Waals surface area (Å²) < 4.78 is 44.2. The van der Waals surface area contributed by atoms with Gasteiger partial charge in [-0.05, 0) is 48.4 Å². The van der Waals surface area contributed by atoms with Crippen LogP contribution < -0.4 is 15.3 Å².